The number of hydrogen-bond acceptors (Lipinski definition) is 5. The van der Waals surface area contributed by atoms with Gasteiger partial charge in [0.2, 0.25) is 11.8 Å². The molecule has 1 unspecified atom stereocenters. The van der Waals surface area contributed by atoms with Gasteiger partial charge in [-0.15, -0.1) is 11.3 Å². The van der Waals surface area contributed by atoms with E-state index in [1.165, 1.54) is 17.4 Å². The maximum Gasteiger partial charge on any atom is 0.314 e. The molecule has 4 rings (SSSR count). The Morgan fingerprint density at radius 1 is 1.05 bits per heavy atom. The highest BCUT2D eigenvalue weighted by Gasteiger charge is 2.27. The van der Waals surface area contributed by atoms with Crippen LogP contribution in [-0.2, 0) is 20.8 Å². The number of carbonyl (C=O) groups is 4. The lowest BCUT2D eigenvalue weighted by Gasteiger charge is -2.32. The van der Waals surface area contributed by atoms with Crippen molar-refractivity contribution in [3.63, 3.8) is 0 Å². The minimum atomic E-state index is -1.13. The molecule has 1 aromatic heterocycles. The average Bonchev–Trinajstić information content (AvgIpc) is 3.46. The Hall–Kier alpha value is -3.60. The van der Waals surface area contributed by atoms with Crippen LogP contribution in [0.25, 0.3) is 16.2 Å². The summed E-state index contributed by atoms with van der Waals surface area (Å²) in [5.41, 5.74) is 1.74. The molecule has 1 saturated heterocycles. The van der Waals surface area contributed by atoms with Gasteiger partial charge < -0.3 is 26.0 Å². The molecule has 0 aliphatic carbocycles. The minimum Gasteiger partial charge on any atom is -0.481 e. The molecule has 0 saturated carbocycles. The van der Waals surface area contributed by atoms with Crippen molar-refractivity contribution in [2.24, 2.45) is 5.92 Å². The van der Waals surface area contributed by atoms with Gasteiger partial charge in [0.25, 0.3) is 0 Å². The first-order valence-corrected chi connectivity index (χ1v) is 15.2. The van der Waals surface area contributed by atoms with Crippen molar-refractivity contribution in [3.8, 4) is 0 Å². The second-order valence-corrected chi connectivity index (χ2v) is 11.7. The lowest BCUT2D eigenvalue weighted by Crippen LogP contribution is -2.49. The minimum absolute atomic E-state index is 0.110. The smallest absolute Gasteiger partial charge is 0.314 e. The first-order chi connectivity index (χ1) is 20.2. The van der Waals surface area contributed by atoms with E-state index in [4.69, 9.17) is 23.2 Å². The highest BCUT2D eigenvalue weighted by molar-refractivity contribution is 7.18. The summed E-state index contributed by atoms with van der Waals surface area (Å²) in [7, 11) is 0. The number of nitrogens with zero attached hydrogens (tertiary/aromatic N) is 1. The number of nitrogens with one attached hydrogen (secondary N) is 3. The number of carboxylic acid groups (broad SMARTS) is 1. The van der Waals surface area contributed by atoms with E-state index in [1.54, 1.807) is 11.0 Å². The molecule has 222 valence electrons. The van der Waals surface area contributed by atoms with Crippen LogP contribution in [0.1, 0.15) is 30.4 Å². The summed E-state index contributed by atoms with van der Waals surface area (Å²) in [5, 5.41) is 21.3. The molecule has 12 heteroatoms. The molecule has 0 spiro atoms. The summed E-state index contributed by atoms with van der Waals surface area (Å²) in [6.45, 7) is 1.15. The summed E-state index contributed by atoms with van der Waals surface area (Å²) in [6, 6.07) is 12.8. The summed E-state index contributed by atoms with van der Waals surface area (Å²) < 4.78 is 0.901. The molecule has 1 atom stereocenters. The van der Waals surface area contributed by atoms with E-state index in [1.807, 2.05) is 47.8 Å². The van der Waals surface area contributed by atoms with Crippen molar-refractivity contribution < 1.29 is 24.3 Å². The second kappa shape index (κ2) is 15.0. The first-order valence-electron chi connectivity index (χ1n) is 13.6. The van der Waals surface area contributed by atoms with Gasteiger partial charge in [-0.1, -0.05) is 53.5 Å². The monoisotopic (exact) mass is 630 g/mol. The van der Waals surface area contributed by atoms with Crippen molar-refractivity contribution in [3.05, 3.63) is 75.1 Å². The van der Waals surface area contributed by atoms with Crippen LogP contribution in [0, 0.1) is 5.92 Å². The molecule has 4 N–H and O–H groups in total. The molecule has 0 radical (unpaired) electrons. The van der Waals surface area contributed by atoms with Crippen LogP contribution in [0.15, 0.2) is 53.9 Å². The van der Waals surface area contributed by atoms with Gasteiger partial charge in [-0.25, -0.2) is 4.79 Å². The van der Waals surface area contributed by atoms with Crippen LogP contribution < -0.4 is 16.0 Å². The lowest BCUT2D eigenvalue weighted by atomic mass is 10.0. The van der Waals surface area contributed by atoms with Crippen molar-refractivity contribution in [1.82, 2.24) is 20.9 Å². The van der Waals surface area contributed by atoms with Crippen LogP contribution >= 0.6 is 34.5 Å². The largest absolute Gasteiger partial charge is 0.481 e. The third kappa shape index (κ3) is 8.70. The van der Waals surface area contributed by atoms with E-state index < -0.39 is 30.2 Å². The normalized spacial score (nSPS) is 14.6. The number of likely N-dealkylation sites (tertiary alicyclic amines) is 1. The zero-order chi connectivity index (χ0) is 30.1. The second-order valence-electron chi connectivity index (χ2n) is 10.0. The zero-order valence-corrected chi connectivity index (χ0v) is 25.1. The number of hydrogen-bond donors (Lipinski definition) is 4. The fourth-order valence-electron chi connectivity index (χ4n) is 4.73. The van der Waals surface area contributed by atoms with E-state index in [0.29, 0.717) is 54.5 Å². The number of fused-ring (bicyclic) bond motifs is 1. The predicted octanol–water partition coefficient (Wildman–Crippen LogP) is 4.96. The van der Waals surface area contributed by atoms with Gasteiger partial charge in [-0.2, -0.15) is 0 Å². The van der Waals surface area contributed by atoms with Gasteiger partial charge in [0.1, 0.15) is 0 Å². The lowest BCUT2D eigenvalue weighted by molar-refractivity contribution is -0.141. The van der Waals surface area contributed by atoms with Gasteiger partial charge in [-0.3, -0.25) is 14.4 Å². The Morgan fingerprint density at radius 3 is 2.50 bits per heavy atom. The number of urea groups is 1. The number of halogens is 2. The third-order valence-corrected chi connectivity index (χ3v) is 9.00. The summed E-state index contributed by atoms with van der Waals surface area (Å²) in [4.78, 5) is 51.0. The Balaban J connectivity index is 1.22. The van der Waals surface area contributed by atoms with Crippen molar-refractivity contribution in [2.45, 2.75) is 31.7 Å². The number of carboxylic acids is 1. The van der Waals surface area contributed by atoms with Gasteiger partial charge in [-0.05, 0) is 59.4 Å². The number of thiophene rings is 1. The Bertz CT molecular complexity index is 1450. The number of piperidine rings is 1. The fourth-order valence-corrected chi connectivity index (χ4v) is 6.17. The Labute approximate surface area is 257 Å². The third-order valence-electron chi connectivity index (χ3n) is 7.05. The molecule has 0 bridgehead atoms. The molecule has 4 amide bonds. The quantitative estimate of drug-likeness (QED) is 0.223. The van der Waals surface area contributed by atoms with E-state index in [0.717, 1.165) is 15.6 Å². The number of benzene rings is 2. The van der Waals surface area contributed by atoms with Crippen molar-refractivity contribution in [2.75, 3.05) is 26.2 Å². The Kier molecular flexibility index (Phi) is 11.2. The zero-order valence-electron chi connectivity index (χ0n) is 22.8. The average molecular weight is 632 g/mol. The molecule has 1 fully saturated rings. The molecular weight excluding hydrogens is 599 g/mol. The highest BCUT2D eigenvalue weighted by Crippen LogP contribution is 2.37. The van der Waals surface area contributed by atoms with Gasteiger partial charge in [0.05, 0.1) is 27.1 Å². The SMILES string of the molecule is O=C(O)CC(CNC(=O)NCCc1ccccc1)C(=O)NC1CCN(C(=O)/C=C/c2cc3ccsc3c(Cl)c2Cl)CC1. The topological polar surface area (TPSA) is 128 Å². The van der Waals surface area contributed by atoms with E-state index in [2.05, 4.69) is 16.0 Å². The maximum absolute atomic E-state index is 12.9. The number of rotatable bonds is 11. The van der Waals surface area contributed by atoms with Crippen LogP contribution in [-0.4, -0.2) is 66.0 Å². The fraction of sp³-hybridized carbons (Fsp3) is 0.333. The maximum atomic E-state index is 12.9. The van der Waals surface area contributed by atoms with Gasteiger partial charge in [0, 0.05) is 38.3 Å². The van der Waals surface area contributed by atoms with E-state index >= 15 is 0 Å². The standard InChI is InChI=1S/C30H32Cl2N4O5S/c31-26-20(16-21-11-15-42-28(21)27(26)32)6-7-24(37)36-13-9-23(10-14-36)35-29(40)22(17-25(38)39)18-34-30(41)33-12-8-19-4-2-1-3-5-19/h1-7,11,15-16,22-23H,8-10,12-14,17-18H2,(H,35,40)(H,38,39)(H2,33,34,41)/b7-6+. The molecular formula is C30H32Cl2N4O5S. The molecule has 9 nitrogen and oxygen atoms in total. The van der Waals surface area contributed by atoms with Crippen LogP contribution in [0.5, 0.6) is 0 Å². The van der Waals surface area contributed by atoms with Crippen molar-refractivity contribution >= 4 is 74.5 Å². The molecule has 3 aromatic rings. The van der Waals surface area contributed by atoms with Crippen LogP contribution in [0.3, 0.4) is 0 Å². The summed E-state index contributed by atoms with van der Waals surface area (Å²) in [5.74, 6) is -2.68. The molecule has 1 aliphatic heterocycles. The summed E-state index contributed by atoms with van der Waals surface area (Å²) in [6.07, 6.45) is 4.40. The van der Waals surface area contributed by atoms with Crippen LogP contribution in [0.2, 0.25) is 10.0 Å². The highest BCUT2D eigenvalue weighted by atomic mass is 35.5. The van der Waals surface area contributed by atoms with Gasteiger partial charge >= 0.3 is 12.0 Å². The van der Waals surface area contributed by atoms with Crippen molar-refractivity contribution in [1.29, 1.82) is 0 Å². The summed E-state index contributed by atoms with van der Waals surface area (Å²) >= 11 is 14.3. The first kappa shape index (κ1) is 31.3. The number of carbonyl (C=O) groups excluding carboxylic acids is 3. The molecule has 1 aliphatic rings. The number of amides is 4. The van der Waals surface area contributed by atoms with E-state index in [9.17, 15) is 24.3 Å². The molecule has 2 aromatic carbocycles. The molecule has 2 heterocycles. The van der Waals surface area contributed by atoms with Gasteiger partial charge in [0.15, 0.2) is 0 Å². The predicted molar refractivity (Wildman–Crippen MR) is 166 cm³/mol. The Morgan fingerprint density at radius 2 is 1.79 bits per heavy atom. The van der Waals surface area contributed by atoms with E-state index in [-0.39, 0.29) is 18.5 Å². The molecule has 42 heavy (non-hydrogen) atoms. The number of aliphatic carboxylic acids is 1. The van der Waals surface area contributed by atoms with Crippen LogP contribution in [0.4, 0.5) is 4.79 Å².